The summed E-state index contributed by atoms with van der Waals surface area (Å²) in [7, 11) is 0. The van der Waals surface area contributed by atoms with E-state index in [0.717, 1.165) is 5.56 Å². The number of benzene rings is 1. The average Bonchev–Trinajstić information content (AvgIpc) is 2.40. The van der Waals surface area contributed by atoms with Crippen LogP contribution in [0.1, 0.15) is 25.8 Å². The molecule has 0 spiro atoms. The van der Waals surface area contributed by atoms with E-state index in [0.29, 0.717) is 13.0 Å². The number of hydrogen-bond donors (Lipinski definition) is 0. The van der Waals surface area contributed by atoms with Crippen molar-refractivity contribution in [1.29, 1.82) is 5.26 Å². The van der Waals surface area contributed by atoms with Gasteiger partial charge in [-0.15, -0.1) is 0 Å². The van der Waals surface area contributed by atoms with E-state index >= 15 is 0 Å². The highest BCUT2D eigenvalue weighted by atomic mass is 16.5. The van der Waals surface area contributed by atoms with Gasteiger partial charge in [0.15, 0.2) is 5.41 Å². The van der Waals surface area contributed by atoms with Gasteiger partial charge >= 0.3 is 5.97 Å². The van der Waals surface area contributed by atoms with Crippen LogP contribution in [-0.2, 0) is 9.53 Å². The second-order valence-corrected chi connectivity index (χ2v) is 4.18. The van der Waals surface area contributed by atoms with Crippen molar-refractivity contribution in [2.45, 2.75) is 20.3 Å². The molecule has 1 rings (SSSR count). The molecule has 0 radical (unpaired) electrons. The second kappa shape index (κ2) is 6.61. The summed E-state index contributed by atoms with van der Waals surface area (Å²) < 4.78 is 4.91. The third-order valence-corrected chi connectivity index (χ3v) is 2.61. The van der Waals surface area contributed by atoms with Crippen LogP contribution >= 0.6 is 0 Å². The number of carbonyl (C=O) groups excluding carboxylic acids is 1. The zero-order valence-corrected chi connectivity index (χ0v) is 10.7. The molecular weight excluding hydrogens is 226 g/mol. The fourth-order valence-electron chi connectivity index (χ4n) is 1.46. The Morgan fingerprint density at radius 3 is 2.67 bits per heavy atom. The molecule has 0 amide bonds. The number of hydrogen-bond acceptors (Lipinski definition) is 3. The van der Waals surface area contributed by atoms with Gasteiger partial charge in [0.1, 0.15) is 0 Å². The fourth-order valence-corrected chi connectivity index (χ4v) is 1.46. The molecule has 3 nitrogen and oxygen atoms in total. The Balaban J connectivity index is 2.68. The predicted octanol–water partition coefficient (Wildman–Crippen LogP) is 3.18. The first-order chi connectivity index (χ1) is 8.62. The van der Waals surface area contributed by atoms with Gasteiger partial charge in [-0.05, 0) is 25.8 Å². The smallest absolute Gasteiger partial charge is 0.326 e. The highest BCUT2D eigenvalue weighted by Crippen LogP contribution is 2.23. The Kier molecular flexibility index (Phi) is 5.13. The summed E-state index contributed by atoms with van der Waals surface area (Å²) >= 11 is 0. The third-order valence-electron chi connectivity index (χ3n) is 2.61. The highest BCUT2D eigenvalue weighted by Gasteiger charge is 2.33. The van der Waals surface area contributed by atoms with E-state index in [1.807, 2.05) is 48.6 Å². The third kappa shape index (κ3) is 3.74. The van der Waals surface area contributed by atoms with Crippen LogP contribution in [-0.4, -0.2) is 12.6 Å². The van der Waals surface area contributed by atoms with Crippen LogP contribution in [0.4, 0.5) is 0 Å². The number of nitrogens with zero attached hydrogens (tertiary/aromatic N) is 1. The Morgan fingerprint density at radius 1 is 1.44 bits per heavy atom. The largest absolute Gasteiger partial charge is 0.465 e. The highest BCUT2D eigenvalue weighted by molar-refractivity contribution is 5.79. The molecule has 1 atom stereocenters. The molecule has 0 aromatic heterocycles. The van der Waals surface area contributed by atoms with Gasteiger partial charge in [-0.25, -0.2) is 0 Å². The van der Waals surface area contributed by atoms with E-state index in [4.69, 9.17) is 10.00 Å². The standard InChI is InChI=1S/C15H17NO2/c1-3-18-14(17)15(2,12-16)11-7-10-13-8-5-4-6-9-13/h4-10H,3,11H2,1-2H3/b10-7+. The maximum atomic E-state index is 11.7. The van der Waals surface area contributed by atoms with Crippen LogP contribution in [0.25, 0.3) is 6.08 Å². The summed E-state index contributed by atoms with van der Waals surface area (Å²) in [6.07, 6.45) is 4.07. The van der Waals surface area contributed by atoms with Crippen molar-refractivity contribution in [3.63, 3.8) is 0 Å². The summed E-state index contributed by atoms with van der Waals surface area (Å²) in [6, 6.07) is 11.8. The van der Waals surface area contributed by atoms with Crippen LogP contribution in [0.15, 0.2) is 36.4 Å². The number of allylic oxidation sites excluding steroid dienone is 1. The number of carbonyl (C=O) groups is 1. The molecule has 0 N–H and O–H groups in total. The lowest BCUT2D eigenvalue weighted by Crippen LogP contribution is -2.27. The molecule has 3 heteroatoms. The zero-order chi connectivity index (χ0) is 13.4. The molecule has 94 valence electrons. The Morgan fingerprint density at radius 2 is 2.11 bits per heavy atom. The van der Waals surface area contributed by atoms with Gasteiger partial charge in [-0.1, -0.05) is 42.5 Å². The molecule has 0 bridgehead atoms. The van der Waals surface area contributed by atoms with Crippen LogP contribution < -0.4 is 0 Å². The summed E-state index contributed by atoms with van der Waals surface area (Å²) in [5, 5.41) is 9.09. The second-order valence-electron chi connectivity index (χ2n) is 4.18. The molecule has 1 unspecified atom stereocenters. The number of rotatable bonds is 5. The van der Waals surface area contributed by atoms with Gasteiger partial charge in [0.25, 0.3) is 0 Å². The van der Waals surface area contributed by atoms with Gasteiger partial charge in [-0.2, -0.15) is 5.26 Å². The summed E-state index contributed by atoms with van der Waals surface area (Å²) in [5.74, 6) is -0.467. The molecule has 0 heterocycles. The fraction of sp³-hybridized carbons (Fsp3) is 0.333. The summed E-state index contributed by atoms with van der Waals surface area (Å²) in [6.45, 7) is 3.62. The van der Waals surface area contributed by atoms with E-state index in [1.54, 1.807) is 13.8 Å². The normalized spacial score (nSPS) is 13.8. The molecule has 0 aliphatic heterocycles. The first-order valence-electron chi connectivity index (χ1n) is 5.92. The maximum absolute atomic E-state index is 11.7. The minimum Gasteiger partial charge on any atom is -0.465 e. The lowest BCUT2D eigenvalue weighted by Gasteiger charge is -2.17. The molecule has 1 aromatic rings. The lowest BCUT2D eigenvalue weighted by molar-refractivity contribution is -0.150. The average molecular weight is 243 g/mol. The number of ether oxygens (including phenoxy) is 1. The van der Waals surface area contributed by atoms with Crippen molar-refractivity contribution in [3.8, 4) is 6.07 Å². The van der Waals surface area contributed by atoms with Crippen molar-refractivity contribution in [1.82, 2.24) is 0 Å². The van der Waals surface area contributed by atoms with Crippen LogP contribution in [0.5, 0.6) is 0 Å². The van der Waals surface area contributed by atoms with E-state index in [2.05, 4.69) is 0 Å². The van der Waals surface area contributed by atoms with Gasteiger partial charge in [-0.3, -0.25) is 4.79 Å². The van der Waals surface area contributed by atoms with Crippen molar-refractivity contribution in [2.24, 2.45) is 5.41 Å². The minimum absolute atomic E-state index is 0.290. The quantitative estimate of drug-likeness (QED) is 0.746. The first-order valence-corrected chi connectivity index (χ1v) is 5.92. The van der Waals surface area contributed by atoms with E-state index in [-0.39, 0.29) is 0 Å². The zero-order valence-electron chi connectivity index (χ0n) is 10.7. The Bertz CT molecular complexity index is 459. The molecular formula is C15H17NO2. The molecule has 0 saturated carbocycles. The minimum atomic E-state index is -1.11. The molecule has 18 heavy (non-hydrogen) atoms. The Hall–Kier alpha value is -2.08. The van der Waals surface area contributed by atoms with Crippen molar-refractivity contribution < 1.29 is 9.53 Å². The SMILES string of the molecule is CCOC(=O)C(C)(C#N)C/C=C/c1ccccc1. The van der Waals surface area contributed by atoms with Gasteiger partial charge < -0.3 is 4.74 Å². The maximum Gasteiger partial charge on any atom is 0.326 e. The number of esters is 1. The molecule has 0 aliphatic carbocycles. The first kappa shape index (κ1) is 14.0. The topological polar surface area (TPSA) is 50.1 Å². The lowest BCUT2D eigenvalue weighted by atomic mass is 9.88. The van der Waals surface area contributed by atoms with E-state index < -0.39 is 11.4 Å². The predicted molar refractivity (Wildman–Crippen MR) is 70.4 cm³/mol. The van der Waals surface area contributed by atoms with Gasteiger partial charge in [0.2, 0.25) is 0 Å². The van der Waals surface area contributed by atoms with Gasteiger partial charge in [0, 0.05) is 0 Å². The summed E-state index contributed by atoms with van der Waals surface area (Å²) in [4.78, 5) is 11.7. The van der Waals surface area contributed by atoms with Gasteiger partial charge in [0.05, 0.1) is 12.7 Å². The van der Waals surface area contributed by atoms with Crippen LogP contribution in [0.3, 0.4) is 0 Å². The summed E-state index contributed by atoms with van der Waals surface area (Å²) in [5.41, 5.74) is -0.0666. The van der Waals surface area contributed by atoms with Crippen molar-refractivity contribution in [3.05, 3.63) is 42.0 Å². The number of nitriles is 1. The molecule has 0 saturated heterocycles. The van der Waals surface area contributed by atoms with Crippen LogP contribution in [0.2, 0.25) is 0 Å². The molecule has 1 aromatic carbocycles. The monoisotopic (exact) mass is 243 g/mol. The van der Waals surface area contributed by atoms with Crippen LogP contribution in [0, 0.1) is 16.7 Å². The van der Waals surface area contributed by atoms with E-state index in [1.165, 1.54) is 0 Å². The van der Waals surface area contributed by atoms with Crippen molar-refractivity contribution >= 4 is 12.0 Å². The van der Waals surface area contributed by atoms with Crippen molar-refractivity contribution in [2.75, 3.05) is 6.61 Å². The Labute approximate surface area is 108 Å². The molecule has 0 fully saturated rings. The molecule has 0 aliphatic rings. The van der Waals surface area contributed by atoms with E-state index in [9.17, 15) is 4.79 Å².